The average molecular weight is 484 g/mol. The van der Waals surface area contributed by atoms with Crippen LogP contribution < -0.4 is 15.8 Å². The van der Waals surface area contributed by atoms with Crippen molar-refractivity contribution in [2.45, 2.75) is 22.4 Å². The minimum absolute atomic E-state index is 0.120. The Balaban J connectivity index is 2.09. The Morgan fingerprint density at radius 3 is 2.22 bits per heavy atom. The number of thiophene rings is 1. The van der Waals surface area contributed by atoms with Crippen molar-refractivity contribution < 1.29 is 35.9 Å². The number of ether oxygens (including phenoxy) is 1. The smallest absolute Gasteiger partial charge is 0.406 e. The van der Waals surface area contributed by atoms with Gasteiger partial charge in [-0.3, -0.25) is 9.59 Å². The molecule has 0 bridgehead atoms. The molecule has 2 amide bonds. The van der Waals surface area contributed by atoms with Gasteiger partial charge in [-0.15, -0.1) is 24.5 Å². The van der Waals surface area contributed by atoms with Crippen molar-refractivity contribution in [3.05, 3.63) is 60.2 Å². The molecule has 1 aromatic heterocycles. The molecule has 3 aromatic rings. The van der Waals surface area contributed by atoms with Gasteiger partial charge in [-0.1, -0.05) is 18.2 Å². The molecule has 3 N–H and O–H groups in total. The van der Waals surface area contributed by atoms with Crippen LogP contribution in [0.3, 0.4) is 0 Å². The molecule has 2 aromatic carbocycles. The molecule has 0 aliphatic rings. The van der Waals surface area contributed by atoms with E-state index in [0.29, 0.717) is 5.56 Å². The number of carbonyl (C=O) groups excluding carboxylic acids is 2. The molecule has 0 fully saturated rings. The van der Waals surface area contributed by atoms with Crippen LogP contribution in [0.1, 0.15) is 17.3 Å². The van der Waals surface area contributed by atoms with E-state index >= 15 is 0 Å². The molecule has 1 heterocycles. The number of nitrogens with two attached hydrogens (primary N) is 1. The van der Waals surface area contributed by atoms with Crippen molar-refractivity contribution in [3.63, 3.8) is 0 Å². The SMILES string of the molecule is CC(=O)Nc1sc(S(=O)(=O)c2ccc(OC(F)(F)F)cc2)cc1-c1ccccc1C(N)=O. The fourth-order valence-electron chi connectivity index (χ4n) is 2.82. The quantitative estimate of drug-likeness (QED) is 0.544. The predicted molar refractivity (Wildman–Crippen MR) is 111 cm³/mol. The highest BCUT2D eigenvalue weighted by molar-refractivity contribution is 7.93. The first-order chi connectivity index (χ1) is 14.9. The zero-order valence-electron chi connectivity index (χ0n) is 16.3. The second-order valence-corrected chi connectivity index (χ2v) is 9.65. The largest absolute Gasteiger partial charge is 0.573 e. The van der Waals surface area contributed by atoms with E-state index in [1.54, 1.807) is 18.2 Å². The zero-order valence-corrected chi connectivity index (χ0v) is 17.9. The Labute approximate surface area is 184 Å². The molecule has 7 nitrogen and oxygen atoms in total. The number of carbonyl (C=O) groups is 2. The Kier molecular flexibility index (Phi) is 6.28. The summed E-state index contributed by atoms with van der Waals surface area (Å²) in [6.45, 7) is 1.23. The van der Waals surface area contributed by atoms with Crippen LogP contribution in [0, 0.1) is 0 Å². The number of amides is 2. The Bertz CT molecular complexity index is 1280. The topological polar surface area (TPSA) is 116 Å². The van der Waals surface area contributed by atoms with Gasteiger partial charge >= 0.3 is 6.36 Å². The summed E-state index contributed by atoms with van der Waals surface area (Å²) in [5.41, 5.74) is 6.11. The molecule has 168 valence electrons. The highest BCUT2D eigenvalue weighted by atomic mass is 32.2. The van der Waals surface area contributed by atoms with E-state index < -0.39 is 33.8 Å². The van der Waals surface area contributed by atoms with Crippen LogP contribution in [0.25, 0.3) is 11.1 Å². The maximum atomic E-state index is 13.1. The fraction of sp³-hybridized carbons (Fsp3) is 0.100. The van der Waals surface area contributed by atoms with E-state index in [1.165, 1.54) is 19.1 Å². The highest BCUT2D eigenvalue weighted by Crippen LogP contribution is 2.41. The number of nitrogens with one attached hydrogen (secondary N) is 1. The monoisotopic (exact) mass is 484 g/mol. The fourth-order valence-corrected chi connectivity index (χ4v) is 5.65. The lowest BCUT2D eigenvalue weighted by Crippen LogP contribution is -2.17. The van der Waals surface area contributed by atoms with Crippen molar-refractivity contribution in [1.29, 1.82) is 0 Å². The van der Waals surface area contributed by atoms with Gasteiger partial charge in [0.15, 0.2) is 0 Å². The van der Waals surface area contributed by atoms with Crippen molar-refractivity contribution in [3.8, 4) is 16.9 Å². The molecule has 32 heavy (non-hydrogen) atoms. The Morgan fingerprint density at radius 2 is 1.66 bits per heavy atom. The van der Waals surface area contributed by atoms with Crippen molar-refractivity contribution in [2.75, 3.05) is 5.32 Å². The van der Waals surface area contributed by atoms with Crippen molar-refractivity contribution in [2.24, 2.45) is 5.73 Å². The van der Waals surface area contributed by atoms with Gasteiger partial charge in [-0.25, -0.2) is 8.42 Å². The van der Waals surface area contributed by atoms with Crippen LogP contribution in [0.5, 0.6) is 5.75 Å². The first kappa shape index (κ1) is 23.3. The van der Waals surface area contributed by atoms with E-state index in [0.717, 1.165) is 35.6 Å². The third-order valence-electron chi connectivity index (χ3n) is 4.11. The zero-order chi connectivity index (χ0) is 23.7. The first-order valence-corrected chi connectivity index (χ1v) is 11.1. The number of anilines is 1. The number of primary amides is 1. The molecular weight excluding hydrogens is 469 g/mol. The highest BCUT2D eigenvalue weighted by Gasteiger charge is 2.31. The van der Waals surface area contributed by atoms with E-state index in [1.807, 2.05) is 0 Å². The summed E-state index contributed by atoms with van der Waals surface area (Å²) < 4.78 is 66.7. The van der Waals surface area contributed by atoms with E-state index in [2.05, 4.69) is 10.1 Å². The second-order valence-electron chi connectivity index (χ2n) is 6.42. The molecule has 0 saturated carbocycles. The summed E-state index contributed by atoms with van der Waals surface area (Å²) in [5, 5.41) is 2.70. The lowest BCUT2D eigenvalue weighted by atomic mass is 10.0. The number of sulfone groups is 1. The summed E-state index contributed by atoms with van der Waals surface area (Å²) in [6.07, 6.45) is -4.91. The third-order valence-corrected chi connectivity index (χ3v) is 7.41. The second kappa shape index (κ2) is 8.63. The number of alkyl halides is 3. The van der Waals surface area contributed by atoms with Crippen molar-refractivity contribution in [1.82, 2.24) is 0 Å². The molecule has 0 unspecified atom stereocenters. The molecule has 0 saturated heterocycles. The minimum Gasteiger partial charge on any atom is -0.406 e. The van der Waals surface area contributed by atoms with E-state index in [-0.39, 0.29) is 25.2 Å². The van der Waals surface area contributed by atoms with Gasteiger partial charge in [-0.2, -0.15) is 0 Å². The van der Waals surface area contributed by atoms with Gasteiger partial charge in [-0.05, 0) is 42.0 Å². The van der Waals surface area contributed by atoms with Crippen LogP contribution in [-0.2, 0) is 14.6 Å². The van der Waals surface area contributed by atoms with Crippen LogP contribution in [0.4, 0.5) is 18.2 Å². The molecule has 0 spiro atoms. The maximum absolute atomic E-state index is 13.1. The standard InChI is InChI=1S/C20H15F3N2O5S2/c1-11(26)25-19-16(14-4-2-3-5-15(14)18(24)27)10-17(31-19)32(28,29)13-8-6-12(7-9-13)30-20(21,22)23/h2-10H,1H3,(H2,24,27)(H,25,26). The van der Waals surface area contributed by atoms with Gasteiger partial charge in [0, 0.05) is 18.1 Å². The maximum Gasteiger partial charge on any atom is 0.573 e. The lowest BCUT2D eigenvalue weighted by Gasteiger charge is -2.09. The summed E-state index contributed by atoms with van der Waals surface area (Å²) >= 11 is 0.736. The molecular formula is C20H15F3N2O5S2. The molecule has 0 atom stereocenters. The van der Waals surface area contributed by atoms with Crippen LogP contribution in [-0.4, -0.2) is 26.6 Å². The van der Waals surface area contributed by atoms with E-state index in [9.17, 15) is 31.2 Å². The number of benzene rings is 2. The first-order valence-electron chi connectivity index (χ1n) is 8.80. The number of hydrogen-bond donors (Lipinski definition) is 2. The van der Waals surface area contributed by atoms with Gasteiger partial charge in [0.05, 0.1) is 4.90 Å². The van der Waals surface area contributed by atoms with E-state index in [4.69, 9.17) is 5.73 Å². The summed E-state index contributed by atoms with van der Waals surface area (Å²) in [5.74, 6) is -1.79. The van der Waals surface area contributed by atoms with Crippen molar-refractivity contribution >= 4 is 38.0 Å². The molecule has 0 aliphatic heterocycles. The minimum atomic E-state index is -4.91. The Hall–Kier alpha value is -3.38. The normalized spacial score (nSPS) is 11.8. The molecule has 0 radical (unpaired) electrons. The summed E-state index contributed by atoms with van der Waals surface area (Å²) in [4.78, 5) is 23.2. The predicted octanol–water partition coefficient (Wildman–Crippen LogP) is 4.20. The molecule has 3 rings (SSSR count). The number of hydrogen-bond acceptors (Lipinski definition) is 6. The Morgan fingerprint density at radius 1 is 1.03 bits per heavy atom. The lowest BCUT2D eigenvalue weighted by molar-refractivity contribution is -0.274. The summed E-state index contributed by atoms with van der Waals surface area (Å²) in [6, 6.07) is 11.2. The van der Waals surface area contributed by atoms with Crippen LogP contribution in [0.2, 0.25) is 0 Å². The number of halogens is 3. The van der Waals surface area contributed by atoms with Gasteiger partial charge in [0.25, 0.3) is 0 Å². The third kappa shape index (κ3) is 5.08. The average Bonchev–Trinajstić information content (AvgIpc) is 3.11. The van der Waals surface area contributed by atoms with Crippen LogP contribution >= 0.6 is 11.3 Å². The van der Waals surface area contributed by atoms with Crippen LogP contribution in [0.15, 0.2) is 63.7 Å². The van der Waals surface area contributed by atoms with Gasteiger partial charge in [0.1, 0.15) is 15.0 Å². The van der Waals surface area contributed by atoms with Gasteiger partial charge in [0.2, 0.25) is 21.7 Å². The molecule has 12 heteroatoms. The van der Waals surface area contributed by atoms with Gasteiger partial charge < -0.3 is 15.8 Å². The number of rotatable bonds is 6. The summed E-state index contributed by atoms with van der Waals surface area (Å²) in [7, 11) is -4.16. The molecule has 0 aliphatic carbocycles.